The van der Waals surface area contributed by atoms with Gasteiger partial charge < -0.3 is 9.88 Å². The number of aromatic amines is 2. The van der Waals surface area contributed by atoms with Gasteiger partial charge in [0, 0.05) is 47.9 Å². The van der Waals surface area contributed by atoms with Gasteiger partial charge >= 0.3 is 0 Å². The van der Waals surface area contributed by atoms with Crippen LogP contribution in [0.15, 0.2) is 66.6 Å². The molecule has 0 saturated carbocycles. The number of anilines is 1. The van der Waals surface area contributed by atoms with E-state index in [4.69, 9.17) is 4.98 Å². The first-order valence-electron chi connectivity index (χ1n) is 10.2. The number of nitrogens with zero attached hydrogens (tertiary/aromatic N) is 5. The summed E-state index contributed by atoms with van der Waals surface area (Å²) in [6, 6.07) is 12.4. The Labute approximate surface area is 187 Å². The van der Waals surface area contributed by atoms with Gasteiger partial charge in [-0.1, -0.05) is 6.07 Å². The van der Waals surface area contributed by atoms with Crippen molar-refractivity contribution in [1.82, 2.24) is 30.1 Å². The molecule has 0 spiro atoms. The van der Waals surface area contributed by atoms with Crippen LogP contribution in [0.5, 0.6) is 0 Å². The van der Waals surface area contributed by atoms with Gasteiger partial charge in [-0.25, -0.2) is 4.98 Å². The van der Waals surface area contributed by atoms with Crippen LogP contribution in [-0.2, 0) is 0 Å². The van der Waals surface area contributed by atoms with Gasteiger partial charge in [0.15, 0.2) is 0 Å². The SMILES string of the molecule is CN(C)c1cncc(-c2ccc3[nH]nc(-c4cc5c(-c6cccs6)cncc5[nH]4)c3n2)c1. The molecule has 0 aliphatic heterocycles. The first-order chi connectivity index (χ1) is 15.7. The summed E-state index contributed by atoms with van der Waals surface area (Å²) in [6.07, 6.45) is 7.44. The van der Waals surface area contributed by atoms with Crippen molar-refractivity contribution in [2.45, 2.75) is 0 Å². The molecule has 0 atom stereocenters. The van der Waals surface area contributed by atoms with Crippen molar-refractivity contribution in [3.63, 3.8) is 0 Å². The van der Waals surface area contributed by atoms with Crippen LogP contribution in [0.2, 0.25) is 0 Å². The highest BCUT2D eigenvalue weighted by Crippen LogP contribution is 2.35. The third-order valence-corrected chi connectivity index (χ3v) is 6.43. The van der Waals surface area contributed by atoms with Gasteiger partial charge in [-0.05, 0) is 35.7 Å². The molecule has 7 nitrogen and oxygen atoms in total. The number of aromatic nitrogens is 6. The highest BCUT2D eigenvalue weighted by Gasteiger charge is 2.16. The smallest absolute Gasteiger partial charge is 0.135 e. The zero-order chi connectivity index (χ0) is 21.7. The number of hydrogen-bond acceptors (Lipinski definition) is 6. The predicted octanol–water partition coefficient (Wildman–Crippen LogP) is 5.36. The predicted molar refractivity (Wildman–Crippen MR) is 130 cm³/mol. The van der Waals surface area contributed by atoms with E-state index in [9.17, 15) is 0 Å². The molecule has 0 unspecified atom stereocenters. The zero-order valence-electron chi connectivity index (χ0n) is 17.5. The van der Waals surface area contributed by atoms with Gasteiger partial charge in [0.1, 0.15) is 11.2 Å². The van der Waals surface area contributed by atoms with Crippen LogP contribution in [0.3, 0.4) is 0 Å². The molecule has 0 aliphatic rings. The summed E-state index contributed by atoms with van der Waals surface area (Å²) in [4.78, 5) is 20.4. The van der Waals surface area contributed by atoms with Gasteiger partial charge in [-0.3, -0.25) is 15.1 Å². The van der Waals surface area contributed by atoms with Gasteiger partial charge in [0.05, 0.1) is 40.5 Å². The second-order valence-corrected chi connectivity index (χ2v) is 8.75. The van der Waals surface area contributed by atoms with E-state index in [1.807, 2.05) is 55.9 Å². The Balaban J connectivity index is 1.49. The van der Waals surface area contributed by atoms with Gasteiger partial charge in [0.2, 0.25) is 0 Å². The van der Waals surface area contributed by atoms with Crippen molar-refractivity contribution in [3.8, 4) is 33.1 Å². The number of hydrogen-bond donors (Lipinski definition) is 2. The summed E-state index contributed by atoms with van der Waals surface area (Å²) in [6.45, 7) is 0. The number of H-pyrrole nitrogens is 2. The topological polar surface area (TPSA) is 86.4 Å². The van der Waals surface area contributed by atoms with Crippen molar-refractivity contribution >= 4 is 39.0 Å². The molecule has 32 heavy (non-hydrogen) atoms. The summed E-state index contributed by atoms with van der Waals surface area (Å²) < 4.78 is 0. The molecule has 6 heterocycles. The first-order valence-corrected chi connectivity index (χ1v) is 11.0. The fraction of sp³-hybridized carbons (Fsp3) is 0.0833. The second-order valence-electron chi connectivity index (χ2n) is 7.80. The Kier molecular flexibility index (Phi) is 4.26. The lowest BCUT2D eigenvalue weighted by Crippen LogP contribution is -2.08. The highest BCUT2D eigenvalue weighted by atomic mass is 32.1. The van der Waals surface area contributed by atoms with Crippen LogP contribution in [0.4, 0.5) is 5.69 Å². The molecule has 0 bridgehead atoms. The minimum absolute atomic E-state index is 0.784. The Morgan fingerprint density at radius 2 is 1.84 bits per heavy atom. The van der Waals surface area contributed by atoms with Crippen LogP contribution in [0.1, 0.15) is 0 Å². The van der Waals surface area contributed by atoms with Crippen molar-refractivity contribution in [3.05, 3.63) is 66.6 Å². The lowest BCUT2D eigenvalue weighted by Gasteiger charge is -2.12. The van der Waals surface area contributed by atoms with Crippen molar-refractivity contribution in [2.24, 2.45) is 0 Å². The van der Waals surface area contributed by atoms with E-state index in [-0.39, 0.29) is 0 Å². The van der Waals surface area contributed by atoms with Crippen LogP contribution in [0, 0.1) is 0 Å². The third-order valence-electron chi connectivity index (χ3n) is 5.53. The summed E-state index contributed by atoms with van der Waals surface area (Å²) in [5, 5.41) is 10.9. The largest absolute Gasteiger partial charge is 0.376 e. The van der Waals surface area contributed by atoms with E-state index >= 15 is 0 Å². The molecule has 0 radical (unpaired) electrons. The van der Waals surface area contributed by atoms with Crippen LogP contribution in [0.25, 0.3) is 55.0 Å². The molecule has 6 aromatic rings. The Bertz CT molecular complexity index is 1560. The minimum Gasteiger partial charge on any atom is -0.376 e. The van der Waals surface area contributed by atoms with E-state index in [1.54, 1.807) is 11.3 Å². The molecule has 6 aromatic heterocycles. The Hall–Kier alpha value is -4.04. The summed E-state index contributed by atoms with van der Waals surface area (Å²) in [5.74, 6) is 0. The van der Waals surface area contributed by atoms with Gasteiger partial charge in [-0.15, -0.1) is 11.3 Å². The maximum absolute atomic E-state index is 4.94. The number of fused-ring (bicyclic) bond motifs is 2. The average molecular weight is 438 g/mol. The fourth-order valence-corrected chi connectivity index (χ4v) is 4.62. The summed E-state index contributed by atoms with van der Waals surface area (Å²) >= 11 is 1.71. The molecule has 0 aliphatic carbocycles. The Morgan fingerprint density at radius 1 is 0.938 bits per heavy atom. The minimum atomic E-state index is 0.784. The molecule has 0 saturated heterocycles. The van der Waals surface area contributed by atoms with E-state index in [2.05, 4.69) is 54.8 Å². The third kappa shape index (κ3) is 3.04. The number of nitrogens with one attached hydrogen (secondary N) is 2. The van der Waals surface area contributed by atoms with Crippen molar-refractivity contribution < 1.29 is 0 Å². The molecule has 8 heteroatoms. The lowest BCUT2D eigenvalue weighted by molar-refractivity contribution is 1.11. The molecular formula is C24H19N7S. The number of pyridine rings is 3. The quantitative estimate of drug-likeness (QED) is 0.388. The molecule has 6 rings (SSSR count). The highest BCUT2D eigenvalue weighted by molar-refractivity contribution is 7.13. The molecule has 2 N–H and O–H groups in total. The molecule has 156 valence electrons. The number of thiophene rings is 1. The van der Waals surface area contributed by atoms with Crippen LogP contribution in [-0.4, -0.2) is 44.2 Å². The van der Waals surface area contributed by atoms with Crippen LogP contribution >= 0.6 is 11.3 Å². The second kappa shape index (κ2) is 7.28. The van der Waals surface area contributed by atoms with Crippen molar-refractivity contribution in [1.29, 1.82) is 0 Å². The zero-order valence-corrected chi connectivity index (χ0v) is 18.3. The maximum atomic E-state index is 4.94. The standard InChI is InChI=1S/C24H19N7S/c1-31(2)15-8-14(10-25-11-15)18-5-6-19-23(28-18)24(30-29-19)20-9-16-17(22-4-3-7-32-22)12-26-13-21(16)27-20/h3-13,27H,1-2H3,(H,29,30). The maximum Gasteiger partial charge on any atom is 0.135 e. The van der Waals surface area contributed by atoms with E-state index < -0.39 is 0 Å². The molecule has 0 aromatic carbocycles. The molecule has 0 amide bonds. The van der Waals surface area contributed by atoms with E-state index in [0.717, 1.165) is 55.8 Å². The van der Waals surface area contributed by atoms with E-state index in [1.165, 1.54) is 4.88 Å². The average Bonchev–Trinajstić information content (AvgIpc) is 3.57. The summed E-state index contributed by atoms with van der Waals surface area (Å²) in [7, 11) is 4.00. The Morgan fingerprint density at radius 3 is 2.69 bits per heavy atom. The van der Waals surface area contributed by atoms with Crippen molar-refractivity contribution in [2.75, 3.05) is 19.0 Å². The first kappa shape index (κ1) is 18.7. The van der Waals surface area contributed by atoms with E-state index in [0.29, 0.717) is 0 Å². The van der Waals surface area contributed by atoms with Crippen LogP contribution < -0.4 is 4.90 Å². The molecule has 0 fully saturated rings. The van der Waals surface area contributed by atoms with Gasteiger partial charge in [-0.2, -0.15) is 5.10 Å². The normalized spacial score (nSPS) is 11.4. The lowest BCUT2D eigenvalue weighted by atomic mass is 10.1. The fourth-order valence-electron chi connectivity index (χ4n) is 3.87. The van der Waals surface area contributed by atoms with Gasteiger partial charge in [0.25, 0.3) is 0 Å². The monoisotopic (exact) mass is 437 g/mol. The summed E-state index contributed by atoms with van der Waals surface area (Å²) in [5.41, 5.74) is 8.32. The number of rotatable bonds is 4. The molecular weight excluding hydrogens is 418 g/mol.